The Morgan fingerprint density at radius 1 is 1.86 bits per heavy atom. The van der Waals surface area contributed by atoms with Crippen molar-refractivity contribution in [1.82, 2.24) is 5.32 Å². The van der Waals surface area contributed by atoms with E-state index in [-0.39, 0.29) is 6.61 Å². The Morgan fingerprint density at radius 3 is 3.00 bits per heavy atom. The minimum absolute atomic E-state index is 0.274. The van der Waals surface area contributed by atoms with Gasteiger partial charge in [0.2, 0.25) is 0 Å². The van der Waals surface area contributed by atoms with Gasteiger partial charge in [-0.2, -0.15) is 0 Å². The third kappa shape index (κ3) is 1.14. The Morgan fingerprint density at radius 2 is 2.71 bits per heavy atom. The van der Waals surface area contributed by atoms with Gasteiger partial charge in [-0.3, -0.25) is 0 Å². The van der Waals surface area contributed by atoms with E-state index in [0.717, 1.165) is 13.0 Å². The van der Waals surface area contributed by atoms with Gasteiger partial charge in [0.15, 0.2) is 0 Å². The molecule has 1 saturated heterocycles. The van der Waals surface area contributed by atoms with Gasteiger partial charge in [0.25, 0.3) is 0 Å². The first kappa shape index (κ1) is 5.06. The predicted molar refractivity (Wildman–Crippen MR) is 27.8 cm³/mol. The Kier molecular flexibility index (Phi) is 1.65. The zero-order valence-corrected chi connectivity index (χ0v) is 4.22. The molecule has 0 amide bonds. The molecule has 2 nitrogen and oxygen atoms in total. The molecule has 0 spiro atoms. The van der Waals surface area contributed by atoms with Crippen LogP contribution in [0.2, 0.25) is 0 Å². The average molecular weight is 100 g/mol. The minimum Gasteiger partial charge on any atom is -0.395 e. The summed E-state index contributed by atoms with van der Waals surface area (Å²) in [4.78, 5) is 0. The molecule has 0 aromatic rings. The molecular formula is C5H10NO. The number of aliphatic hydroxyl groups excluding tert-OH is 1. The van der Waals surface area contributed by atoms with Gasteiger partial charge in [-0.1, -0.05) is 0 Å². The lowest BCUT2D eigenvalue weighted by Gasteiger charge is -2.01. The van der Waals surface area contributed by atoms with Gasteiger partial charge in [0.1, 0.15) is 0 Å². The maximum atomic E-state index is 8.48. The Balaban J connectivity index is 2.14. The first-order valence-corrected chi connectivity index (χ1v) is 2.59. The van der Waals surface area contributed by atoms with Crippen molar-refractivity contribution in [3.8, 4) is 0 Å². The number of rotatable bonds is 1. The summed E-state index contributed by atoms with van der Waals surface area (Å²) < 4.78 is 0. The second kappa shape index (κ2) is 2.28. The maximum absolute atomic E-state index is 8.48. The van der Waals surface area contributed by atoms with Gasteiger partial charge < -0.3 is 10.4 Å². The second-order valence-electron chi connectivity index (χ2n) is 1.81. The van der Waals surface area contributed by atoms with Crippen LogP contribution in [0, 0.1) is 6.42 Å². The summed E-state index contributed by atoms with van der Waals surface area (Å²) in [6.07, 6.45) is 3.16. The zero-order chi connectivity index (χ0) is 5.11. The first-order valence-electron chi connectivity index (χ1n) is 2.59. The van der Waals surface area contributed by atoms with Gasteiger partial charge in [-0.15, -0.1) is 0 Å². The van der Waals surface area contributed by atoms with E-state index in [4.69, 9.17) is 5.11 Å². The smallest absolute Gasteiger partial charge is 0.0584 e. The van der Waals surface area contributed by atoms with E-state index >= 15 is 0 Å². The highest BCUT2D eigenvalue weighted by molar-refractivity contribution is 4.85. The summed E-state index contributed by atoms with van der Waals surface area (Å²) in [5, 5.41) is 11.6. The number of nitrogens with one attached hydrogen (secondary N) is 1. The van der Waals surface area contributed by atoms with Crippen LogP contribution in [0.15, 0.2) is 0 Å². The van der Waals surface area contributed by atoms with E-state index in [1.54, 1.807) is 0 Å². The molecule has 1 aliphatic rings. The monoisotopic (exact) mass is 100 g/mol. The average Bonchev–Trinajstić information content (AvgIpc) is 2.14. The molecule has 0 aromatic heterocycles. The van der Waals surface area contributed by atoms with E-state index in [0.29, 0.717) is 6.04 Å². The lowest BCUT2D eigenvalue weighted by molar-refractivity contribution is 0.256. The van der Waals surface area contributed by atoms with Gasteiger partial charge in [0, 0.05) is 6.04 Å². The van der Waals surface area contributed by atoms with Gasteiger partial charge in [0.05, 0.1) is 6.61 Å². The van der Waals surface area contributed by atoms with Crippen LogP contribution in [0.25, 0.3) is 0 Å². The van der Waals surface area contributed by atoms with Crippen molar-refractivity contribution in [2.45, 2.75) is 12.5 Å². The normalized spacial score (nSPS) is 31.3. The maximum Gasteiger partial charge on any atom is 0.0584 e. The summed E-state index contributed by atoms with van der Waals surface area (Å²) in [6.45, 7) is 1.24. The highest BCUT2D eigenvalue weighted by Gasteiger charge is 2.11. The van der Waals surface area contributed by atoms with E-state index in [2.05, 4.69) is 11.7 Å². The summed E-state index contributed by atoms with van der Waals surface area (Å²) in [5.41, 5.74) is 0. The van der Waals surface area contributed by atoms with Crippen LogP contribution >= 0.6 is 0 Å². The van der Waals surface area contributed by atoms with E-state index in [1.165, 1.54) is 0 Å². The minimum atomic E-state index is 0.274. The van der Waals surface area contributed by atoms with Crippen LogP contribution in [0.4, 0.5) is 0 Å². The third-order valence-corrected chi connectivity index (χ3v) is 1.22. The molecule has 1 heterocycles. The van der Waals surface area contributed by atoms with Crippen LogP contribution in [0.5, 0.6) is 0 Å². The van der Waals surface area contributed by atoms with E-state index in [1.807, 2.05) is 0 Å². The van der Waals surface area contributed by atoms with Gasteiger partial charge in [-0.25, -0.2) is 0 Å². The molecule has 1 aliphatic heterocycles. The fourth-order valence-corrected chi connectivity index (χ4v) is 0.757. The van der Waals surface area contributed by atoms with Gasteiger partial charge >= 0.3 is 0 Å². The van der Waals surface area contributed by atoms with Gasteiger partial charge in [-0.05, 0) is 19.4 Å². The van der Waals surface area contributed by atoms with Crippen molar-refractivity contribution in [1.29, 1.82) is 0 Å². The topological polar surface area (TPSA) is 32.3 Å². The molecule has 1 rings (SSSR count). The summed E-state index contributed by atoms with van der Waals surface area (Å²) in [7, 11) is 0. The highest BCUT2D eigenvalue weighted by Crippen LogP contribution is 2.00. The zero-order valence-electron chi connectivity index (χ0n) is 4.22. The fraction of sp³-hybridized carbons (Fsp3) is 0.800. The third-order valence-electron chi connectivity index (χ3n) is 1.22. The quantitative estimate of drug-likeness (QED) is 0.467. The van der Waals surface area contributed by atoms with Crippen molar-refractivity contribution in [2.75, 3.05) is 13.2 Å². The van der Waals surface area contributed by atoms with Crippen LogP contribution in [-0.2, 0) is 0 Å². The number of hydrogen-bond acceptors (Lipinski definition) is 2. The highest BCUT2D eigenvalue weighted by atomic mass is 16.3. The standard InChI is InChI=1S/C5H10NO/c7-4-5-2-1-3-6-5/h1,5-7H,2-4H2/t5-/m0/s1. The van der Waals surface area contributed by atoms with Crippen molar-refractivity contribution in [3.05, 3.63) is 6.42 Å². The summed E-state index contributed by atoms with van der Waals surface area (Å²) in [6, 6.07) is 0.347. The first-order chi connectivity index (χ1) is 3.43. The number of aliphatic hydroxyl groups is 1. The van der Waals surface area contributed by atoms with Crippen LogP contribution in [0.3, 0.4) is 0 Å². The molecule has 0 unspecified atom stereocenters. The molecule has 0 aliphatic carbocycles. The van der Waals surface area contributed by atoms with Crippen molar-refractivity contribution < 1.29 is 5.11 Å². The predicted octanol–water partition coefficient (Wildman–Crippen LogP) is -0.455. The molecule has 2 N–H and O–H groups in total. The molecule has 0 bridgehead atoms. The van der Waals surface area contributed by atoms with E-state index in [9.17, 15) is 0 Å². The molecule has 1 fully saturated rings. The fourth-order valence-electron chi connectivity index (χ4n) is 0.757. The molecule has 41 valence electrons. The lowest BCUT2D eigenvalue weighted by Crippen LogP contribution is -2.24. The molecular weight excluding hydrogens is 90.1 g/mol. The van der Waals surface area contributed by atoms with Crippen LogP contribution in [0.1, 0.15) is 6.42 Å². The van der Waals surface area contributed by atoms with Crippen LogP contribution < -0.4 is 5.32 Å². The van der Waals surface area contributed by atoms with E-state index < -0.39 is 0 Å². The Hall–Kier alpha value is -0.0800. The Labute approximate surface area is 43.5 Å². The van der Waals surface area contributed by atoms with Crippen LogP contribution in [-0.4, -0.2) is 24.3 Å². The molecule has 0 saturated carbocycles. The van der Waals surface area contributed by atoms with Crippen molar-refractivity contribution in [3.63, 3.8) is 0 Å². The molecule has 1 radical (unpaired) electrons. The molecule has 0 aromatic carbocycles. The van der Waals surface area contributed by atoms with Crippen molar-refractivity contribution in [2.24, 2.45) is 0 Å². The SMILES string of the molecule is OC[C@@H]1C[CH]CN1. The number of hydrogen-bond donors (Lipinski definition) is 2. The summed E-state index contributed by atoms with van der Waals surface area (Å²) >= 11 is 0. The Bertz CT molecular complexity index is 50.0. The lowest BCUT2D eigenvalue weighted by atomic mass is 10.2. The molecule has 1 atom stereocenters. The van der Waals surface area contributed by atoms with Crippen molar-refractivity contribution >= 4 is 0 Å². The molecule has 7 heavy (non-hydrogen) atoms. The largest absolute Gasteiger partial charge is 0.395 e. The second-order valence-corrected chi connectivity index (χ2v) is 1.81. The summed E-state index contributed by atoms with van der Waals surface area (Å²) in [5.74, 6) is 0. The molecule has 2 heteroatoms.